The van der Waals surface area contributed by atoms with Crippen LogP contribution in [0.2, 0.25) is 0 Å². The van der Waals surface area contributed by atoms with Gasteiger partial charge in [-0.2, -0.15) is 0 Å². The lowest BCUT2D eigenvalue weighted by Crippen LogP contribution is -2.58. The molecule has 1 aromatic heterocycles. The number of aromatic nitrogens is 1. The average molecular weight is 600 g/mol. The van der Waals surface area contributed by atoms with Crippen molar-refractivity contribution >= 4 is 40.9 Å². The van der Waals surface area contributed by atoms with Gasteiger partial charge in [-0.05, 0) is 31.7 Å². The van der Waals surface area contributed by atoms with Crippen LogP contribution in [-0.2, 0) is 30.3 Å². The summed E-state index contributed by atoms with van der Waals surface area (Å²) >= 11 is 1.23. The minimum Gasteiger partial charge on any atom is -0.452 e. The number of amides is 4. The van der Waals surface area contributed by atoms with Gasteiger partial charge < -0.3 is 25.2 Å². The molecule has 1 aliphatic rings. The van der Waals surface area contributed by atoms with Crippen LogP contribution in [0.3, 0.4) is 0 Å². The zero-order valence-electron chi connectivity index (χ0n) is 25.2. The highest BCUT2D eigenvalue weighted by atomic mass is 32.1. The largest absolute Gasteiger partial charge is 0.452 e. The van der Waals surface area contributed by atoms with Crippen molar-refractivity contribution < 1.29 is 28.7 Å². The van der Waals surface area contributed by atoms with Gasteiger partial charge in [-0.15, -0.1) is 11.3 Å². The van der Waals surface area contributed by atoms with Crippen LogP contribution in [0.1, 0.15) is 74.6 Å². The number of carbonyl (C=O) groups is 5. The summed E-state index contributed by atoms with van der Waals surface area (Å²) in [6, 6.07) is 6.44. The van der Waals surface area contributed by atoms with Crippen molar-refractivity contribution in [1.29, 1.82) is 0 Å². The molecule has 0 unspecified atom stereocenters. The first-order valence-corrected chi connectivity index (χ1v) is 15.0. The fraction of sp³-hybridized carbons (Fsp3) is 0.533. The first-order chi connectivity index (χ1) is 19.8. The third-order valence-corrected chi connectivity index (χ3v) is 8.45. The maximum atomic E-state index is 14.0. The molecule has 2 aromatic rings. The molecule has 12 heteroatoms. The van der Waals surface area contributed by atoms with Crippen LogP contribution in [0.15, 0.2) is 35.7 Å². The van der Waals surface area contributed by atoms with Gasteiger partial charge in [0, 0.05) is 31.9 Å². The van der Waals surface area contributed by atoms with Gasteiger partial charge in [0.25, 0.3) is 11.8 Å². The normalized spacial score (nSPS) is 25.3. The lowest BCUT2D eigenvalue weighted by molar-refractivity contribution is -0.162. The zero-order chi connectivity index (χ0) is 31.1. The molecule has 42 heavy (non-hydrogen) atoms. The fourth-order valence-corrected chi connectivity index (χ4v) is 5.75. The first-order valence-electron chi connectivity index (χ1n) is 14.2. The SMILES string of the molecule is CC[C@H]1CC(=O)O[C@@H](C)C(=O)N(C)[C@@H](C(C)C)C(=O)N(C)[C@@H](Cc2ccccc2)C(=O)N[C@@H](C)c2nc(cs2)C(=O)N1. The minimum absolute atomic E-state index is 0.135. The van der Waals surface area contributed by atoms with Crippen molar-refractivity contribution in [3.05, 3.63) is 52.0 Å². The maximum Gasteiger partial charge on any atom is 0.308 e. The number of likely N-dealkylation sites (N-methyl/N-ethyl adjacent to an activating group) is 2. The van der Waals surface area contributed by atoms with E-state index in [1.54, 1.807) is 19.4 Å². The van der Waals surface area contributed by atoms with Crippen molar-refractivity contribution in [2.24, 2.45) is 5.92 Å². The van der Waals surface area contributed by atoms with Crippen molar-refractivity contribution in [2.45, 2.75) is 84.2 Å². The molecule has 2 bridgehead atoms. The molecule has 1 aromatic carbocycles. The van der Waals surface area contributed by atoms with Gasteiger partial charge in [0.2, 0.25) is 11.8 Å². The van der Waals surface area contributed by atoms with Gasteiger partial charge in [-0.1, -0.05) is 51.1 Å². The summed E-state index contributed by atoms with van der Waals surface area (Å²) in [4.78, 5) is 73.8. The van der Waals surface area contributed by atoms with E-state index in [0.29, 0.717) is 11.4 Å². The van der Waals surface area contributed by atoms with E-state index in [-0.39, 0.29) is 24.5 Å². The molecule has 2 N–H and O–H groups in total. The van der Waals surface area contributed by atoms with Crippen LogP contribution in [0.5, 0.6) is 0 Å². The van der Waals surface area contributed by atoms with Crippen LogP contribution < -0.4 is 10.6 Å². The van der Waals surface area contributed by atoms with Crippen molar-refractivity contribution in [1.82, 2.24) is 25.4 Å². The lowest BCUT2D eigenvalue weighted by Gasteiger charge is -2.37. The van der Waals surface area contributed by atoms with Crippen molar-refractivity contribution in [3.63, 3.8) is 0 Å². The lowest BCUT2D eigenvalue weighted by atomic mass is 9.98. The van der Waals surface area contributed by atoms with Crippen LogP contribution >= 0.6 is 11.3 Å². The maximum absolute atomic E-state index is 14.0. The number of cyclic esters (lactones) is 1. The highest BCUT2D eigenvalue weighted by molar-refractivity contribution is 7.09. The number of hydrogen-bond donors (Lipinski definition) is 2. The first kappa shape index (κ1) is 32.7. The number of ether oxygens (including phenoxy) is 1. The monoisotopic (exact) mass is 599 g/mol. The summed E-state index contributed by atoms with van der Waals surface area (Å²) in [6.07, 6.45) is -0.612. The van der Waals surface area contributed by atoms with Gasteiger partial charge in [-0.25, -0.2) is 4.98 Å². The number of thiazole rings is 1. The zero-order valence-corrected chi connectivity index (χ0v) is 26.1. The summed E-state index contributed by atoms with van der Waals surface area (Å²) in [7, 11) is 3.05. The van der Waals surface area contributed by atoms with Gasteiger partial charge in [-0.3, -0.25) is 24.0 Å². The van der Waals surface area contributed by atoms with Gasteiger partial charge >= 0.3 is 5.97 Å². The Kier molecular flexibility index (Phi) is 11.2. The smallest absolute Gasteiger partial charge is 0.308 e. The predicted octanol–water partition coefficient (Wildman–Crippen LogP) is 2.72. The molecule has 0 saturated carbocycles. The average Bonchev–Trinajstić information content (AvgIpc) is 3.45. The second-order valence-corrected chi connectivity index (χ2v) is 11.9. The number of fused-ring (bicyclic) bond motifs is 2. The summed E-state index contributed by atoms with van der Waals surface area (Å²) in [5, 5.41) is 7.88. The van der Waals surface area contributed by atoms with E-state index in [0.717, 1.165) is 5.56 Å². The molecule has 11 nitrogen and oxygen atoms in total. The number of hydrogen-bond acceptors (Lipinski definition) is 8. The standard InChI is InChI=1S/C30H41N5O6S/c1-8-21-15-24(36)41-19(5)29(39)35(7)25(17(2)3)30(40)34(6)23(14-20-12-10-9-11-13-20)27(38)31-18(4)28-33-22(16-42-28)26(37)32-21/h9-13,16-19,21,23,25H,8,14-15H2,1-7H3,(H,31,38)(H,32,37)/t18-,19-,21-,23-,25-/m0/s1. The number of benzene rings is 1. The molecule has 1 aliphatic heterocycles. The molecule has 0 aliphatic carbocycles. The molecule has 3 rings (SSSR count). The topological polar surface area (TPSA) is 138 Å². The Balaban J connectivity index is 2.03. The van der Waals surface area contributed by atoms with E-state index in [1.807, 2.05) is 51.1 Å². The van der Waals surface area contributed by atoms with Crippen LogP contribution in [0.25, 0.3) is 0 Å². The molecular formula is C30H41N5O6S. The van der Waals surface area contributed by atoms with Crippen molar-refractivity contribution in [3.8, 4) is 0 Å². The molecule has 0 saturated heterocycles. The second-order valence-electron chi connectivity index (χ2n) is 11.0. The van der Waals surface area contributed by atoms with Gasteiger partial charge in [0.1, 0.15) is 22.8 Å². The highest BCUT2D eigenvalue weighted by Crippen LogP contribution is 2.22. The van der Waals surface area contributed by atoms with E-state index >= 15 is 0 Å². The number of nitrogens with one attached hydrogen (secondary N) is 2. The molecule has 0 fully saturated rings. The molecule has 228 valence electrons. The Hall–Kier alpha value is -3.80. The van der Waals surface area contributed by atoms with E-state index in [2.05, 4.69) is 15.6 Å². The predicted molar refractivity (Wildman–Crippen MR) is 158 cm³/mol. The van der Waals surface area contributed by atoms with E-state index < -0.39 is 59.9 Å². The summed E-state index contributed by atoms with van der Waals surface area (Å²) < 4.78 is 5.43. The second kappa shape index (κ2) is 14.4. The molecule has 2 heterocycles. The summed E-state index contributed by atoms with van der Waals surface area (Å²) in [6.45, 7) is 8.66. The minimum atomic E-state index is -1.16. The van der Waals surface area contributed by atoms with Gasteiger partial charge in [0.15, 0.2) is 6.10 Å². The molecule has 0 spiro atoms. The van der Waals surface area contributed by atoms with E-state index in [4.69, 9.17) is 4.74 Å². The van der Waals surface area contributed by atoms with Gasteiger partial charge in [0.05, 0.1) is 12.5 Å². The Morgan fingerprint density at radius 3 is 2.29 bits per heavy atom. The number of rotatable bonds is 4. The van der Waals surface area contributed by atoms with Crippen LogP contribution in [-0.4, -0.2) is 82.7 Å². The number of carbonyl (C=O) groups excluding carboxylic acids is 5. The summed E-state index contributed by atoms with van der Waals surface area (Å²) in [5.74, 6) is -2.77. The number of esters is 1. The Morgan fingerprint density at radius 2 is 1.67 bits per heavy atom. The van der Waals surface area contributed by atoms with E-state index in [9.17, 15) is 24.0 Å². The highest BCUT2D eigenvalue weighted by Gasteiger charge is 2.39. The molecule has 0 radical (unpaired) electrons. The third kappa shape index (κ3) is 7.93. The summed E-state index contributed by atoms with van der Waals surface area (Å²) in [5.41, 5.74) is 1.02. The van der Waals surface area contributed by atoms with Crippen LogP contribution in [0.4, 0.5) is 0 Å². The van der Waals surface area contributed by atoms with Crippen molar-refractivity contribution in [2.75, 3.05) is 14.1 Å². The van der Waals surface area contributed by atoms with E-state index in [1.165, 1.54) is 35.1 Å². The third-order valence-electron chi connectivity index (χ3n) is 7.42. The number of nitrogens with zero attached hydrogens (tertiary/aromatic N) is 3. The Bertz CT molecular complexity index is 1280. The quantitative estimate of drug-likeness (QED) is 0.516. The molecular weight excluding hydrogens is 558 g/mol. The Labute approximate surface area is 251 Å². The van der Waals surface area contributed by atoms with Crippen LogP contribution in [0, 0.1) is 5.92 Å². The molecule has 4 amide bonds. The fourth-order valence-electron chi connectivity index (χ4n) is 4.94. The molecule has 5 atom stereocenters. The Morgan fingerprint density at radius 1 is 1.00 bits per heavy atom.